The van der Waals surface area contributed by atoms with E-state index in [1.165, 1.54) is 37.4 Å². The Hall–Kier alpha value is -2.40. The zero-order chi connectivity index (χ0) is 22.5. The number of nitro benzene ring substituents is 1. The van der Waals surface area contributed by atoms with Crippen LogP contribution < -0.4 is 9.46 Å². The first-order valence-electron chi connectivity index (χ1n) is 8.54. The SMILES string of the molecule is CCOC(=O)C[C@@H](NS(=O)(=O)c1cc(Cl)c(OC)cc1Cl)c1cccc([N+](=O)[O-])c1. The van der Waals surface area contributed by atoms with Crippen LogP contribution >= 0.6 is 23.2 Å². The van der Waals surface area contributed by atoms with E-state index in [-0.39, 0.29) is 38.5 Å². The van der Waals surface area contributed by atoms with Crippen molar-refractivity contribution < 1.29 is 27.6 Å². The summed E-state index contributed by atoms with van der Waals surface area (Å²) in [4.78, 5) is 22.1. The summed E-state index contributed by atoms with van der Waals surface area (Å²) in [7, 11) is -2.93. The minimum atomic E-state index is -4.28. The number of carbonyl (C=O) groups is 1. The number of benzene rings is 2. The number of nitro groups is 1. The predicted octanol–water partition coefficient (Wildman–Crippen LogP) is 3.88. The summed E-state index contributed by atoms with van der Waals surface area (Å²) < 4.78 is 38.2. The van der Waals surface area contributed by atoms with Gasteiger partial charge in [-0.1, -0.05) is 35.3 Å². The van der Waals surface area contributed by atoms with Crippen molar-refractivity contribution in [1.29, 1.82) is 0 Å². The first-order chi connectivity index (χ1) is 14.1. The first-order valence-corrected chi connectivity index (χ1v) is 10.8. The molecule has 162 valence electrons. The fraction of sp³-hybridized carbons (Fsp3) is 0.278. The summed E-state index contributed by atoms with van der Waals surface area (Å²) in [6, 6.07) is 6.48. The average molecular weight is 477 g/mol. The van der Waals surface area contributed by atoms with Crippen LogP contribution in [0.4, 0.5) is 5.69 Å². The minimum absolute atomic E-state index is 0.0135. The van der Waals surface area contributed by atoms with Crippen molar-refractivity contribution in [1.82, 2.24) is 4.72 Å². The number of ether oxygens (including phenoxy) is 2. The van der Waals surface area contributed by atoms with Crippen molar-refractivity contribution in [2.45, 2.75) is 24.3 Å². The topological polar surface area (TPSA) is 125 Å². The van der Waals surface area contributed by atoms with E-state index in [0.717, 1.165) is 6.07 Å². The molecular weight excluding hydrogens is 459 g/mol. The number of hydrogen-bond acceptors (Lipinski definition) is 7. The number of nitrogens with one attached hydrogen (secondary N) is 1. The summed E-state index contributed by atoms with van der Waals surface area (Å²) in [5.41, 5.74) is -0.0531. The van der Waals surface area contributed by atoms with Gasteiger partial charge in [0.15, 0.2) is 0 Å². The number of rotatable bonds is 9. The molecule has 0 aliphatic rings. The molecule has 0 radical (unpaired) electrons. The number of carbonyl (C=O) groups excluding carboxylic acids is 1. The Morgan fingerprint density at radius 3 is 2.53 bits per heavy atom. The predicted molar refractivity (Wildman–Crippen MR) is 110 cm³/mol. The normalized spacial score (nSPS) is 12.3. The Balaban J connectivity index is 2.47. The number of sulfonamides is 1. The highest BCUT2D eigenvalue weighted by Gasteiger charge is 2.28. The van der Waals surface area contributed by atoms with Gasteiger partial charge in [0.1, 0.15) is 10.6 Å². The molecule has 12 heteroatoms. The third kappa shape index (κ3) is 5.82. The molecule has 0 fully saturated rings. The molecule has 0 saturated carbocycles. The smallest absolute Gasteiger partial charge is 0.307 e. The van der Waals surface area contributed by atoms with Crippen molar-refractivity contribution in [2.24, 2.45) is 0 Å². The van der Waals surface area contributed by atoms with Gasteiger partial charge in [0, 0.05) is 18.2 Å². The van der Waals surface area contributed by atoms with E-state index in [1.54, 1.807) is 6.92 Å². The van der Waals surface area contributed by atoms with Crippen molar-refractivity contribution >= 4 is 44.9 Å². The third-order valence-electron chi connectivity index (χ3n) is 3.95. The second kappa shape index (κ2) is 10.1. The van der Waals surface area contributed by atoms with Crippen molar-refractivity contribution in [3.8, 4) is 5.75 Å². The van der Waals surface area contributed by atoms with Gasteiger partial charge in [0.25, 0.3) is 5.69 Å². The molecule has 2 aromatic rings. The summed E-state index contributed by atoms with van der Waals surface area (Å²) >= 11 is 12.1. The quantitative estimate of drug-likeness (QED) is 0.330. The molecule has 0 amide bonds. The van der Waals surface area contributed by atoms with Gasteiger partial charge in [-0.15, -0.1) is 0 Å². The van der Waals surface area contributed by atoms with Gasteiger partial charge in [-0.05, 0) is 18.6 Å². The van der Waals surface area contributed by atoms with E-state index >= 15 is 0 Å². The van der Waals surface area contributed by atoms with E-state index in [1.807, 2.05) is 0 Å². The van der Waals surface area contributed by atoms with Crippen LogP contribution in [0.3, 0.4) is 0 Å². The molecule has 0 bridgehead atoms. The molecule has 0 unspecified atom stereocenters. The Kier molecular flexibility index (Phi) is 8.02. The van der Waals surface area contributed by atoms with Crippen LogP contribution in [0, 0.1) is 10.1 Å². The second-order valence-electron chi connectivity index (χ2n) is 5.95. The summed E-state index contributed by atoms with van der Waals surface area (Å²) in [6.45, 7) is 1.69. The van der Waals surface area contributed by atoms with Crippen molar-refractivity contribution in [3.05, 3.63) is 62.1 Å². The highest BCUT2D eigenvalue weighted by Crippen LogP contribution is 2.34. The summed E-state index contributed by atoms with van der Waals surface area (Å²) in [5.74, 6) is -0.502. The molecule has 30 heavy (non-hydrogen) atoms. The van der Waals surface area contributed by atoms with Crippen LogP contribution in [0.2, 0.25) is 10.0 Å². The summed E-state index contributed by atoms with van der Waals surface area (Å²) in [6.07, 6.45) is -0.393. The van der Waals surface area contributed by atoms with E-state index in [0.29, 0.717) is 0 Å². The van der Waals surface area contributed by atoms with Crippen molar-refractivity contribution in [2.75, 3.05) is 13.7 Å². The lowest BCUT2D eigenvalue weighted by molar-refractivity contribution is -0.384. The van der Waals surface area contributed by atoms with Gasteiger partial charge in [-0.2, -0.15) is 0 Å². The molecule has 0 saturated heterocycles. The van der Waals surface area contributed by atoms with Crippen LogP contribution in [0.1, 0.15) is 24.9 Å². The largest absolute Gasteiger partial charge is 0.495 e. The maximum Gasteiger partial charge on any atom is 0.307 e. The molecule has 0 aliphatic carbocycles. The number of halogens is 2. The molecular formula is C18H18Cl2N2O7S. The lowest BCUT2D eigenvalue weighted by atomic mass is 10.0. The van der Waals surface area contributed by atoms with Crippen LogP contribution in [-0.2, 0) is 19.6 Å². The average Bonchev–Trinajstić information content (AvgIpc) is 2.68. The van der Waals surface area contributed by atoms with Crippen molar-refractivity contribution in [3.63, 3.8) is 0 Å². The Morgan fingerprint density at radius 1 is 1.23 bits per heavy atom. The molecule has 2 aromatic carbocycles. The van der Waals surface area contributed by atoms with Gasteiger partial charge in [0.2, 0.25) is 10.0 Å². The van der Waals surface area contributed by atoms with Crippen LogP contribution in [-0.4, -0.2) is 33.0 Å². The fourth-order valence-electron chi connectivity index (χ4n) is 2.59. The molecule has 0 spiro atoms. The number of esters is 1. The highest BCUT2D eigenvalue weighted by atomic mass is 35.5. The lowest BCUT2D eigenvalue weighted by Crippen LogP contribution is -2.31. The van der Waals surface area contributed by atoms with Gasteiger partial charge < -0.3 is 9.47 Å². The number of hydrogen-bond donors (Lipinski definition) is 1. The van der Waals surface area contributed by atoms with Gasteiger partial charge in [0.05, 0.1) is 41.1 Å². The Morgan fingerprint density at radius 2 is 1.93 bits per heavy atom. The lowest BCUT2D eigenvalue weighted by Gasteiger charge is -2.19. The van der Waals surface area contributed by atoms with Crippen LogP contribution in [0.25, 0.3) is 0 Å². The second-order valence-corrected chi connectivity index (χ2v) is 8.45. The van der Waals surface area contributed by atoms with Crippen LogP contribution in [0.5, 0.6) is 5.75 Å². The van der Waals surface area contributed by atoms with E-state index in [9.17, 15) is 23.3 Å². The van der Waals surface area contributed by atoms with Gasteiger partial charge >= 0.3 is 5.97 Å². The fourth-order valence-corrected chi connectivity index (χ4v) is 4.67. The third-order valence-corrected chi connectivity index (χ3v) is 6.18. The molecule has 9 nitrogen and oxygen atoms in total. The molecule has 0 aromatic heterocycles. The van der Waals surface area contributed by atoms with E-state index in [2.05, 4.69) is 4.72 Å². The maximum atomic E-state index is 13.0. The first kappa shape index (κ1) is 23.9. The van der Waals surface area contributed by atoms with E-state index in [4.69, 9.17) is 32.7 Å². The van der Waals surface area contributed by atoms with Crippen LogP contribution in [0.15, 0.2) is 41.3 Å². The van der Waals surface area contributed by atoms with Gasteiger partial charge in [-0.3, -0.25) is 14.9 Å². The Labute approximate surface area is 183 Å². The molecule has 0 aliphatic heterocycles. The van der Waals surface area contributed by atoms with E-state index < -0.39 is 33.4 Å². The summed E-state index contributed by atoms with van der Waals surface area (Å²) in [5, 5.41) is 10.9. The molecule has 2 rings (SSSR count). The molecule has 1 N–H and O–H groups in total. The Bertz CT molecular complexity index is 1060. The van der Waals surface area contributed by atoms with Gasteiger partial charge in [-0.25, -0.2) is 13.1 Å². The number of non-ortho nitro benzene ring substituents is 1. The standard InChI is InChI=1S/C18H18Cl2N2O7S/c1-3-29-18(23)10-15(11-5-4-6-12(7-11)22(24)25)21-30(26,27)17-9-13(19)16(28-2)8-14(17)20/h4-9,15,21H,3,10H2,1-2H3/t15-/m1/s1. The highest BCUT2D eigenvalue weighted by molar-refractivity contribution is 7.89. The maximum absolute atomic E-state index is 13.0. The number of methoxy groups -OCH3 is 1. The monoisotopic (exact) mass is 476 g/mol. The number of nitrogens with zero attached hydrogens (tertiary/aromatic N) is 1. The minimum Gasteiger partial charge on any atom is -0.495 e. The molecule has 1 atom stereocenters. The molecule has 0 heterocycles. The zero-order valence-corrected chi connectivity index (χ0v) is 18.3. The zero-order valence-electron chi connectivity index (χ0n) is 15.9.